The van der Waals surface area contributed by atoms with E-state index in [0.717, 1.165) is 35.0 Å². The summed E-state index contributed by atoms with van der Waals surface area (Å²) in [5, 5.41) is 10.4. The topological polar surface area (TPSA) is 92.9 Å². The number of pyridine rings is 2. The summed E-state index contributed by atoms with van der Waals surface area (Å²) in [6, 6.07) is 11.6. The maximum absolute atomic E-state index is 12.1. The molecule has 6 nitrogen and oxygen atoms in total. The number of hydrogen-bond acceptors (Lipinski definition) is 6. The van der Waals surface area contributed by atoms with Crippen molar-refractivity contribution < 1.29 is 14.3 Å². The Morgan fingerprint density at radius 3 is 2.57 bits per heavy atom. The second-order valence-corrected chi connectivity index (χ2v) is 7.79. The quantitative estimate of drug-likeness (QED) is 0.478. The number of ether oxygens (including phenoxy) is 1. The van der Waals surface area contributed by atoms with E-state index in [4.69, 9.17) is 4.74 Å². The lowest BCUT2D eigenvalue weighted by molar-refractivity contribution is -0.148. The van der Waals surface area contributed by atoms with Gasteiger partial charge in [-0.2, -0.15) is 5.26 Å². The number of fused-ring (bicyclic) bond motifs is 1. The van der Waals surface area contributed by atoms with Crippen LogP contribution in [0.4, 0.5) is 0 Å². The highest BCUT2D eigenvalue weighted by Crippen LogP contribution is 2.41. The number of aromatic nitrogens is 2. The predicted octanol–water partition coefficient (Wildman–Crippen LogP) is 4.35. The summed E-state index contributed by atoms with van der Waals surface area (Å²) in [5.41, 5.74) is 4.79. The number of ketones is 1. The molecule has 0 radical (unpaired) electrons. The average molecular weight is 399 g/mol. The van der Waals surface area contributed by atoms with Crippen LogP contribution in [0.2, 0.25) is 0 Å². The summed E-state index contributed by atoms with van der Waals surface area (Å²) < 4.78 is 4.79. The Bertz CT molecular complexity index is 1200. The fraction of sp³-hybridized carbons (Fsp3) is 0.292. The predicted molar refractivity (Wildman–Crippen MR) is 112 cm³/mol. The van der Waals surface area contributed by atoms with Crippen LogP contribution in [0.15, 0.2) is 36.5 Å². The molecule has 2 aromatic heterocycles. The smallest absolute Gasteiger partial charge is 0.308 e. The minimum Gasteiger partial charge on any atom is -0.469 e. The van der Waals surface area contributed by atoms with Crippen molar-refractivity contribution in [2.45, 2.75) is 32.6 Å². The van der Waals surface area contributed by atoms with Crippen LogP contribution in [-0.4, -0.2) is 28.8 Å². The van der Waals surface area contributed by atoms with E-state index in [9.17, 15) is 14.9 Å². The number of benzene rings is 1. The number of esters is 1. The molecule has 0 aliphatic heterocycles. The van der Waals surface area contributed by atoms with Crippen molar-refractivity contribution in [2.75, 3.05) is 7.11 Å². The van der Waals surface area contributed by atoms with E-state index >= 15 is 0 Å². The van der Waals surface area contributed by atoms with E-state index < -0.39 is 0 Å². The molecule has 1 aliphatic rings. The Morgan fingerprint density at radius 2 is 1.97 bits per heavy atom. The molecular formula is C24H21N3O3. The molecule has 0 saturated heterocycles. The highest BCUT2D eigenvalue weighted by Gasteiger charge is 2.36. The lowest BCUT2D eigenvalue weighted by Gasteiger charge is -2.32. The summed E-state index contributed by atoms with van der Waals surface area (Å²) in [6.45, 7) is 3.43. The molecule has 6 heteroatoms. The van der Waals surface area contributed by atoms with E-state index in [1.807, 2.05) is 37.3 Å². The van der Waals surface area contributed by atoms with Crippen LogP contribution in [0.3, 0.4) is 0 Å². The summed E-state index contributed by atoms with van der Waals surface area (Å²) in [7, 11) is 1.41. The van der Waals surface area contributed by atoms with Crippen molar-refractivity contribution in [1.29, 1.82) is 5.26 Å². The molecule has 4 rings (SSSR count). The molecule has 0 amide bonds. The van der Waals surface area contributed by atoms with Gasteiger partial charge in [-0.15, -0.1) is 0 Å². The molecule has 1 aliphatic carbocycles. The Morgan fingerprint density at radius 1 is 1.20 bits per heavy atom. The van der Waals surface area contributed by atoms with Crippen molar-refractivity contribution >= 4 is 22.7 Å². The van der Waals surface area contributed by atoms with E-state index in [1.165, 1.54) is 14.0 Å². The largest absolute Gasteiger partial charge is 0.469 e. The Balaban J connectivity index is 1.70. The molecule has 2 heterocycles. The molecular weight excluding hydrogens is 378 g/mol. The van der Waals surface area contributed by atoms with Gasteiger partial charge in [-0.05, 0) is 56.5 Å². The number of methoxy groups -OCH3 is 1. The van der Waals surface area contributed by atoms with Crippen LogP contribution >= 0.6 is 0 Å². The molecule has 0 spiro atoms. The van der Waals surface area contributed by atoms with Gasteiger partial charge in [0.15, 0.2) is 5.78 Å². The zero-order valence-electron chi connectivity index (χ0n) is 17.1. The molecule has 0 bridgehead atoms. The summed E-state index contributed by atoms with van der Waals surface area (Å²) in [5.74, 6) is -0.0227. The molecule has 0 atom stereocenters. The van der Waals surface area contributed by atoms with Crippen molar-refractivity contribution in [3.63, 3.8) is 0 Å². The number of nitriles is 1. The summed E-state index contributed by atoms with van der Waals surface area (Å²) >= 11 is 0. The molecule has 0 unspecified atom stereocenters. The van der Waals surface area contributed by atoms with Crippen LogP contribution in [0, 0.1) is 24.2 Å². The van der Waals surface area contributed by atoms with Crippen LogP contribution in [0.25, 0.3) is 22.0 Å². The van der Waals surface area contributed by atoms with Gasteiger partial charge < -0.3 is 4.74 Å². The second kappa shape index (κ2) is 7.68. The van der Waals surface area contributed by atoms with E-state index in [0.29, 0.717) is 22.3 Å². The van der Waals surface area contributed by atoms with E-state index in [1.54, 1.807) is 6.20 Å². The first-order valence-electron chi connectivity index (χ1n) is 9.81. The second-order valence-electron chi connectivity index (χ2n) is 7.79. The first-order chi connectivity index (χ1) is 14.4. The zero-order chi connectivity index (χ0) is 21.4. The molecule has 150 valence electrons. The Hall–Kier alpha value is -3.59. The SMILES string of the molecule is COC(=O)C1CC(c2ccc(-c3cc4c(C(C)=O)cc(C)cc4nc3C#N)cn2)C1. The van der Waals surface area contributed by atoms with Crippen molar-refractivity contribution in [1.82, 2.24) is 9.97 Å². The highest BCUT2D eigenvalue weighted by atomic mass is 16.5. The minimum absolute atomic E-state index is 0.0419. The number of nitrogens with zero attached hydrogens (tertiary/aromatic N) is 3. The van der Waals surface area contributed by atoms with Crippen LogP contribution < -0.4 is 0 Å². The maximum atomic E-state index is 12.1. The molecule has 3 aromatic rings. The van der Waals surface area contributed by atoms with Gasteiger partial charge in [0.25, 0.3) is 0 Å². The Labute approximate surface area is 174 Å². The van der Waals surface area contributed by atoms with Gasteiger partial charge >= 0.3 is 5.97 Å². The third-order valence-corrected chi connectivity index (χ3v) is 5.75. The fourth-order valence-electron chi connectivity index (χ4n) is 4.04. The fourth-order valence-corrected chi connectivity index (χ4v) is 4.04. The van der Waals surface area contributed by atoms with Crippen LogP contribution in [0.1, 0.15) is 53.0 Å². The normalized spacial score (nSPS) is 17.8. The average Bonchev–Trinajstić information content (AvgIpc) is 2.71. The molecule has 0 N–H and O–H groups in total. The van der Waals surface area contributed by atoms with Gasteiger partial charge in [0.05, 0.1) is 18.5 Å². The molecule has 1 saturated carbocycles. The van der Waals surface area contributed by atoms with Gasteiger partial charge in [-0.3, -0.25) is 14.6 Å². The van der Waals surface area contributed by atoms with Gasteiger partial charge in [-0.1, -0.05) is 6.07 Å². The van der Waals surface area contributed by atoms with Crippen LogP contribution in [0.5, 0.6) is 0 Å². The maximum Gasteiger partial charge on any atom is 0.308 e. The lowest BCUT2D eigenvalue weighted by atomic mass is 9.73. The van der Waals surface area contributed by atoms with Crippen LogP contribution in [-0.2, 0) is 9.53 Å². The summed E-state index contributed by atoms with van der Waals surface area (Å²) in [6.07, 6.45) is 3.20. The number of aryl methyl sites for hydroxylation is 1. The van der Waals surface area contributed by atoms with Crippen molar-refractivity contribution in [3.8, 4) is 17.2 Å². The third kappa shape index (κ3) is 3.43. The van der Waals surface area contributed by atoms with Crippen molar-refractivity contribution in [2.24, 2.45) is 5.92 Å². The number of rotatable bonds is 4. The van der Waals surface area contributed by atoms with Gasteiger partial charge in [-0.25, -0.2) is 4.98 Å². The summed E-state index contributed by atoms with van der Waals surface area (Å²) in [4.78, 5) is 32.8. The lowest BCUT2D eigenvalue weighted by Crippen LogP contribution is -2.30. The van der Waals surface area contributed by atoms with Gasteiger partial charge in [0.1, 0.15) is 11.8 Å². The highest BCUT2D eigenvalue weighted by molar-refractivity contribution is 6.07. The van der Waals surface area contributed by atoms with Crippen molar-refractivity contribution in [3.05, 3.63) is 59.0 Å². The monoisotopic (exact) mass is 399 g/mol. The number of Topliss-reactive ketones (excluding diaryl/α,β-unsaturated/α-hetero) is 1. The molecule has 30 heavy (non-hydrogen) atoms. The molecule has 1 fully saturated rings. The number of carbonyl (C=O) groups is 2. The van der Waals surface area contributed by atoms with Gasteiger partial charge in [0, 0.05) is 39.9 Å². The first-order valence-corrected chi connectivity index (χ1v) is 9.81. The number of carbonyl (C=O) groups excluding carboxylic acids is 2. The van der Waals surface area contributed by atoms with E-state index in [-0.39, 0.29) is 23.6 Å². The first kappa shape index (κ1) is 19.7. The minimum atomic E-state index is -0.166. The van der Waals surface area contributed by atoms with E-state index in [2.05, 4.69) is 16.0 Å². The van der Waals surface area contributed by atoms with Gasteiger partial charge in [0.2, 0.25) is 0 Å². The zero-order valence-corrected chi connectivity index (χ0v) is 17.1. The standard InChI is InChI=1S/C24H21N3O3/c1-13-6-18(14(2)28)20-10-19(23(11-25)27-22(20)7-13)15-4-5-21(26-12-15)16-8-17(9-16)24(29)30-3/h4-7,10,12,16-17H,8-9H2,1-3H3. The number of hydrogen-bond donors (Lipinski definition) is 0. The molecule has 1 aromatic carbocycles. The Kier molecular flexibility index (Phi) is 5.04. The third-order valence-electron chi connectivity index (χ3n) is 5.75.